The molecule has 1 saturated carbocycles. The van der Waals surface area contributed by atoms with Crippen molar-refractivity contribution >= 4 is 11.8 Å². The van der Waals surface area contributed by atoms with E-state index in [-0.39, 0.29) is 36.4 Å². The van der Waals surface area contributed by atoms with Crippen LogP contribution < -0.4 is 4.74 Å². The molecule has 1 saturated heterocycles. The van der Waals surface area contributed by atoms with Crippen molar-refractivity contribution in [3.63, 3.8) is 0 Å². The van der Waals surface area contributed by atoms with Crippen molar-refractivity contribution in [3.05, 3.63) is 53.6 Å². The van der Waals surface area contributed by atoms with Gasteiger partial charge in [-0.25, -0.2) is 0 Å². The summed E-state index contributed by atoms with van der Waals surface area (Å²) in [6, 6.07) is 7.79. The molecule has 3 rings (SSSR count). The van der Waals surface area contributed by atoms with Gasteiger partial charge in [0.15, 0.2) is 5.78 Å². The third-order valence-corrected chi connectivity index (χ3v) is 6.56. The molecule has 6 nitrogen and oxygen atoms in total. The molecule has 6 heteroatoms. The Morgan fingerprint density at radius 1 is 1.18 bits per heavy atom. The smallest absolute Gasteiger partial charge is 0.303 e. The van der Waals surface area contributed by atoms with Crippen LogP contribution in [0.3, 0.4) is 0 Å². The molecule has 1 N–H and O–H groups in total. The molecule has 4 atom stereocenters. The van der Waals surface area contributed by atoms with E-state index in [4.69, 9.17) is 19.3 Å². The Bertz CT molecular complexity index is 856. The van der Waals surface area contributed by atoms with Gasteiger partial charge in [0.05, 0.1) is 25.9 Å². The topological polar surface area (TPSA) is 85.4 Å². The minimum Gasteiger partial charge on any atom is -0.497 e. The maximum absolute atomic E-state index is 12.9. The number of ketones is 1. The Morgan fingerprint density at radius 2 is 1.97 bits per heavy atom. The zero-order chi connectivity index (χ0) is 24.3. The van der Waals surface area contributed by atoms with Crippen molar-refractivity contribution in [2.75, 3.05) is 7.11 Å². The highest BCUT2D eigenvalue weighted by atomic mass is 16.6. The predicted octanol–water partition coefficient (Wildman–Crippen LogP) is 5.64. The molecule has 1 aliphatic heterocycles. The van der Waals surface area contributed by atoms with Gasteiger partial charge in [0, 0.05) is 18.8 Å². The van der Waals surface area contributed by atoms with Gasteiger partial charge in [0.2, 0.25) is 0 Å². The van der Waals surface area contributed by atoms with Crippen molar-refractivity contribution in [3.8, 4) is 5.75 Å². The maximum atomic E-state index is 12.9. The second-order valence-corrected chi connectivity index (χ2v) is 9.18. The number of aliphatic carboxylic acids is 1. The lowest BCUT2D eigenvalue weighted by atomic mass is 9.94. The van der Waals surface area contributed by atoms with Crippen molar-refractivity contribution < 1.29 is 28.9 Å². The van der Waals surface area contributed by atoms with Crippen molar-refractivity contribution in [1.29, 1.82) is 0 Å². The Labute approximate surface area is 203 Å². The Kier molecular flexibility index (Phi) is 10.4. The molecule has 0 amide bonds. The highest BCUT2D eigenvalue weighted by Gasteiger charge is 2.42. The summed E-state index contributed by atoms with van der Waals surface area (Å²) in [5, 5.41) is 8.83. The molecule has 2 aliphatic rings. The third-order valence-electron chi connectivity index (χ3n) is 6.56. The van der Waals surface area contributed by atoms with Gasteiger partial charge in [-0.15, -0.1) is 0 Å². The van der Waals surface area contributed by atoms with Crippen LogP contribution in [-0.2, 0) is 25.7 Å². The highest BCUT2D eigenvalue weighted by molar-refractivity contribution is 5.99. The Balaban J connectivity index is 1.61. The highest BCUT2D eigenvalue weighted by Crippen LogP contribution is 2.38. The number of carbonyl (C=O) groups is 2. The van der Waals surface area contributed by atoms with Crippen LogP contribution in [0.15, 0.2) is 48.1 Å². The third kappa shape index (κ3) is 8.10. The van der Waals surface area contributed by atoms with Gasteiger partial charge in [-0.2, -0.15) is 0 Å². The number of epoxide rings is 1. The van der Waals surface area contributed by atoms with E-state index in [2.05, 4.69) is 19.1 Å². The minimum atomic E-state index is -0.788. The van der Waals surface area contributed by atoms with Gasteiger partial charge in [-0.3, -0.25) is 9.59 Å². The number of hydrogen-bond acceptors (Lipinski definition) is 5. The summed E-state index contributed by atoms with van der Waals surface area (Å²) >= 11 is 0. The van der Waals surface area contributed by atoms with Crippen LogP contribution in [0.2, 0.25) is 0 Å². The molecule has 186 valence electrons. The summed E-state index contributed by atoms with van der Waals surface area (Å²) in [6.07, 6.45) is 13.4. The van der Waals surface area contributed by atoms with E-state index in [0.29, 0.717) is 25.9 Å². The van der Waals surface area contributed by atoms with Crippen molar-refractivity contribution in [2.24, 2.45) is 5.92 Å². The second kappa shape index (κ2) is 13.4. The standard InChI is InChI=1S/C28H38O6/c1-3-4-5-6-7-8-10-22-23(17-27-25(34-27)11-9-12-28(30)31)24(29)18-26(22)33-19-20-13-15-21(32-2)16-14-20/h7-8,13-17,22,25-27H,3-6,9-12,18-19H2,1-2H3,(H,30,31)/b8-7-,23-17-/t22-,25-,26-,27-/m1/s1. The quantitative estimate of drug-likeness (QED) is 0.154. The first-order chi connectivity index (χ1) is 16.5. The van der Waals surface area contributed by atoms with Gasteiger partial charge in [0.1, 0.15) is 11.9 Å². The summed E-state index contributed by atoms with van der Waals surface area (Å²) in [6.45, 7) is 2.65. The van der Waals surface area contributed by atoms with E-state index < -0.39 is 5.97 Å². The van der Waals surface area contributed by atoms with Gasteiger partial charge in [0.25, 0.3) is 0 Å². The van der Waals surface area contributed by atoms with Crippen LogP contribution in [-0.4, -0.2) is 42.3 Å². The molecule has 0 radical (unpaired) electrons. The Morgan fingerprint density at radius 3 is 2.68 bits per heavy atom. The first-order valence-corrected chi connectivity index (χ1v) is 12.5. The lowest BCUT2D eigenvalue weighted by Crippen LogP contribution is -2.19. The summed E-state index contributed by atoms with van der Waals surface area (Å²) in [5.74, 6) is 0.156. The monoisotopic (exact) mass is 470 g/mol. The maximum Gasteiger partial charge on any atom is 0.303 e. The van der Waals surface area contributed by atoms with Gasteiger partial charge in [-0.05, 0) is 61.4 Å². The number of methoxy groups -OCH3 is 1. The molecular weight excluding hydrogens is 432 g/mol. The molecule has 34 heavy (non-hydrogen) atoms. The first kappa shape index (κ1) is 26.2. The molecule has 1 aliphatic carbocycles. The van der Waals surface area contributed by atoms with Crippen LogP contribution in [0.4, 0.5) is 0 Å². The number of carboxylic acids is 1. The lowest BCUT2D eigenvalue weighted by Gasteiger charge is -2.19. The number of ether oxygens (including phenoxy) is 3. The fourth-order valence-electron chi connectivity index (χ4n) is 4.48. The summed E-state index contributed by atoms with van der Waals surface area (Å²) < 4.78 is 17.2. The van der Waals surface area contributed by atoms with E-state index in [1.807, 2.05) is 30.3 Å². The van der Waals surface area contributed by atoms with Crippen LogP contribution in [0.1, 0.15) is 70.3 Å². The molecule has 1 aromatic rings. The fourth-order valence-corrected chi connectivity index (χ4v) is 4.48. The zero-order valence-electron chi connectivity index (χ0n) is 20.4. The van der Waals surface area contributed by atoms with Gasteiger partial charge >= 0.3 is 5.97 Å². The van der Waals surface area contributed by atoms with E-state index in [1.165, 1.54) is 19.3 Å². The molecule has 1 heterocycles. The number of allylic oxidation sites excluding steroid dienone is 2. The van der Waals surface area contributed by atoms with Crippen LogP contribution in [0, 0.1) is 5.92 Å². The van der Waals surface area contributed by atoms with Gasteiger partial charge in [-0.1, -0.05) is 44.1 Å². The number of Topliss-reactive ketones (excluding diaryl/α,β-unsaturated/α-hetero) is 1. The molecule has 0 unspecified atom stereocenters. The van der Waals surface area contributed by atoms with Crippen molar-refractivity contribution in [2.45, 2.75) is 89.6 Å². The predicted molar refractivity (Wildman–Crippen MR) is 131 cm³/mol. The Hall–Kier alpha value is -2.44. The first-order valence-electron chi connectivity index (χ1n) is 12.5. The largest absolute Gasteiger partial charge is 0.497 e. The lowest BCUT2D eigenvalue weighted by molar-refractivity contribution is -0.137. The van der Waals surface area contributed by atoms with Crippen LogP contribution >= 0.6 is 0 Å². The van der Waals surface area contributed by atoms with E-state index in [0.717, 1.165) is 29.7 Å². The molecule has 0 aromatic heterocycles. The molecule has 0 bridgehead atoms. The second-order valence-electron chi connectivity index (χ2n) is 9.18. The van der Waals surface area contributed by atoms with E-state index in [1.54, 1.807) is 7.11 Å². The molecule has 1 aromatic carbocycles. The summed E-state index contributed by atoms with van der Waals surface area (Å²) in [7, 11) is 1.64. The normalized spacial score (nSPS) is 25.4. The average Bonchev–Trinajstić information content (AvgIpc) is 3.50. The SMILES string of the molecule is CCCCC/C=C\C[C@@H]1/C(=C/[C@H]2O[C@@H]2CCCC(=O)O)C(=O)C[C@H]1OCc1ccc(OC)cc1. The van der Waals surface area contributed by atoms with Crippen LogP contribution in [0.5, 0.6) is 5.75 Å². The average molecular weight is 471 g/mol. The minimum absolute atomic E-state index is 0.0112. The van der Waals surface area contributed by atoms with Crippen LogP contribution in [0.25, 0.3) is 0 Å². The fraction of sp³-hybridized carbons (Fsp3) is 0.571. The number of rotatable bonds is 15. The number of carboxylic acid groups (broad SMARTS) is 1. The molecule has 0 spiro atoms. The number of unbranched alkanes of at least 4 members (excludes halogenated alkanes) is 3. The van der Waals surface area contributed by atoms with Gasteiger partial charge < -0.3 is 19.3 Å². The van der Waals surface area contributed by atoms with Crippen molar-refractivity contribution in [1.82, 2.24) is 0 Å². The number of hydrogen-bond donors (Lipinski definition) is 1. The van der Waals surface area contributed by atoms with E-state index >= 15 is 0 Å². The van der Waals surface area contributed by atoms with E-state index in [9.17, 15) is 9.59 Å². The zero-order valence-corrected chi connectivity index (χ0v) is 20.4. The summed E-state index contributed by atoms with van der Waals surface area (Å²) in [5.41, 5.74) is 1.85. The summed E-state index contributed by atoms with van der Waals surface area (Å²) in [4.78, 5) is 23.7. The molecule has 2 fully saturated rings. The number of carbonyl (C=O) groups excluding carboxylic acids is 1. The molecular formula is C28H38O6. The number of benzene rings is 1.